The van der Waals surface area contributed by atoms with Crippen LogP contribution in [0, 0.1) is 0 Å². The SMILES string of the molecule is C[C@]1(O)CS(=O)(=O)C[C@]1(C)O. The second kappa shape index (κ2) is 1.97. The second-order valence-corrected chi connectivity index (χ2v) is 5.64. The average Bonchev–Trinajstić information content (AvgIpc) is 1.66. The summed E-state index contributed by atoms with van der Waals surface area (Å²) in [6.07, 6.45) is 0. The molecule has 1 aliphatic rings. The van der Waals surface area contributed by atoms with Gasteiger partial charge in [0.1, 0.15) is 11.2 Å². The van der Waals surface area contributed by atoms with Crippen molar-refractivity contribution in [3.63, 3.8) is 0 Å². The fourth-order valence-electron chi connectivity index (χ4n) is 1.22. The van der Waals surface area contributed by atoms with Crippen LogP contribution >= 0.6 is 0 Å². The van der Waals surface area contributed by atoms with E-state index >= 15 is 0 Å². The number of rotatable bonds is 0. The van der Waals surface area contributed by atoms with Crippen LogP contribution in [0.4, 0.5) is 0 Å². The Bertz CT molecular complexity index is 240. The Balaban J connectivity index is 3.08. The first-order valence-electron chi connectivity index (χ1n) is 3.32. The van der Waals surface area contributed by atoms with Crippen molar-refractivity contribution in [2.45, 2.75) is 25.0 Å². The molecule has 0 radical (unpaired) electrons. The normalized spacial score (nSPS) is 49.5. The smallest absolute Gasteiger partial charge is 0.156 e. The van der Waals surface area contributed by atoms with Crippen molar-refractivity contribution in [2.75, 3.05) is 11.5 Å². The zero-order valence-electron chi connectivity index (χ0n) is 6.53. The predicted molar refractivity (Wildman–Crippen MR) is 39.9 cm³/mol. The minimum atomic E-state index is -3.26. The van der Waals surface area contributed by atoms with Crippen LogP contribution in [0.1, 0.15) is 13.8 Å². The lowest BCUT2D eigenvalue weighted by Crippen LogP contribution is -2.48. The summed E-state index contributed by atoms with van der Waals surface area (Å²) in [5.74, 6) is -0.708. The maximum Gasteiger partial charge on any atom is 0.156 e. The first kappa shape index (κ1) is 8.96. The topological polar surface area (TPSA) is 74.6 Å². The van der Waals surface area contributed by atoms with Crippen molar-refractivity contribution >= 4 is 9.84 Å². The molecule has 0 aromatic rings. The van der Waals surface area contributed by atoms with Crippen LogP contribution in [0.25, 0.3) is 0 Å². The Labute approximate surface area is 65.8 Å². The van der Waals surface area contributed by atoms with Gasteiger partial charge >= 0.3 is 0 Å². The minimum Gasteiger partial charge on any atom is -0.386 e. The molecule has 66 valence electrons. The molecule has 2 atom stereocenters. The van der Waals surface area contributed by atoms with E-state index in [0.29, 0.717) is 0 Å². The highest BCUT2D eigenvalue weighted by molar-refractivity contribution is 7.91. The molecule has 0 aromatic heterocycles. The van der Waals surface area contributed by atoms with Crippen molar-refractivity contribution < 1.29 is 18.6 Å². The van der Waals surface area contributed by atoms with Crippen LogP contribution in [0.2, 0.25) is 0 Å². The Morgan fingerprint density at radius 1 is 1.09 bits per heavy atom. The summed E-state index contributed by atoms with van der Waals surface area (Å²) in [4.78, 5) is 0. The average molecular weight is 180 g/mol. The van der Waals surface area contributed by atoms with Gasteiger partial charge < -0.3 is 10.2 Å². The van der Waals surface area contributed by atoms with Crippen molar-refractivity contribution in [3.05, 3.63) is 0 Å². The molecule has 0 aromatic carbocycles. The summed E-state index contributed by atoms with van der Waals surface area (Å²) in [7, 11) is -3.26. The largest absolute Gasteiger partial charge is 0.386 e. The molecule has 1 saturated heterocycles. The molecule has 0 saturated carbocycles. The van der Waals surface area contributed by atoms with E-state index in [1.165, 1.54) is 13.8 Å². The Morgan fingerprint density at radius 3 is 1.45 bits per heavy atom. The van der Waals surface area contributed by atoms with Gasteiger partial charge in [0.15, 0.2) is 9.84 Å². The van der Waals surface area contributed by atoms with Crippen LogP contribution in [-0.2, 0) is 9.84 Å². The third kappa shape index (κ3) is 1.40. The van der Waals surface area contributed by atoms with Gasteiger partial charge in [0.05, 0.1) is 11.5 Å². The molecule has 5 heteroatoms. The first-order valence-corrected chi connectivity index (χ1v) is 5.14. The van der Waals surface area contributed by atoms with Gasteiger partial charge in [-0.25, -0.2) is 8.42 Å². The molecule has 0 spiro atoms. The van der Waals surface area contributed by atoms with E-state index in [-0.39, 0.29) is 11.5 Å². The van der Waals surface area contributed by atoms with E-state index < -0.39 is 21.0 Å². The van der Waals surface area contributed by atoms with E-state index in [2.05, 4.69) is 0 Å². The summed E-state index contributed by atoms with van der Waals surface area (Å²) in [6, 6.07) is 0. The first-order chi connectivity index (χ1) is 4.66. The van der Waals surface area contributed by atoms with Gasteiger partial charge in [0, 0.05) is 0 Å². The summed E-state index contributed by atoms with van der Waals surface area (Å²) in [5, 5.41) is 18.9. The number of hydrogen-bond donors (Lipinski definition) is 2. The van der Waals surface area contributed by atoms with Crippen LogP contribution in [0.15, 0.2) is 0 Å². The molecule has 2 N–H and O–H groups in total. The monoisotopic (exact) mass is 180 g/mol. The molecule has 1 heterocycles. The molecule has 1 aliphatic heterocycles. The lowest BCUT2D eigenvalue weighted by atomic mass is 9.90. The van der Waals surface area contributed by atoms with E-state index in [1.54, 1.807) is 0 Å². The van der Waals surface area contributed by atoms with Gasteiger partial charge in [0.25, 0.3) is 0 Å². The summed E-state index contributed by atoms with van der Waals surface area (Å²) >= 11 is 0. The Morgan fingerprint density at radius 2 is 1.36 bits per heavy atom. The van der Waals surface area contributed by atoms with Gasteiger partial charge in [-0.3, -0.25) is 0 Å². The molecule has 1 rings (SSSR count). The van der Waals surface area contributed by atoms with E-state index in [4.69, 9.17) is 0 Å². The van der Waals surface area contributed by atoms with Crippen molar-refractivity contribution in [1.82, 2.24) is 0 Å². The maximum absolute atomic E-state index is 10.9. The van der Waals surface area contributed by atoms with E-state index in [9.17, 15) is 18.6 Å². The van der Waals surface area contributed by atoms with Crippen LogP contribution in [-0.4, -0.2) is 41.3 Å². The molecule has 0 unspecified atom stereocenters. The van der Waals surface area contributed by atoms with Crippen molar-refractivity contribution in [2.24, 2.45) is 0 Å². The third-order valence-electron chi connectivity index (χ3n) is 2.16. The molecule has 0 aliphatic carbocycles. The second-order valence-electron chi connectivity index (χ2n) is 3.58. The highest BCUT2D eigenvalue weighted by Gasteiger charge is 2.53. The van der Waals surface area contributed by atoms with Gasteiger partial charge in [-0.1, -0.05) is 0 Å². The highest BCUT2D eigenvalue weighted by Crippen LogP contribution is 2.32. The van der Waals surface area contributed by atoms with Crippen LogP contribution in [0.3, 0.4) is 0 Å². The Hall–Kier alpha value is -0.130. The molecule has 0 bridgehead atoms. The summed E-state index contributed by atoms with van der Waals surface area (Å²) < 4.78 is 21.9. The maximum atomic E-state index is 10.9. The number of hydrogen-bond acceptors (Lipinski definition) is 4. The molecule has 1 fully saturated rings. The summed E-state index contributed by atoms with van der Waals surface area (Å²) in [5.41, 5.74) is -3.02. The minimum absolute atomic E-state index is 0.354. The van der Waals surface area contributed by atoms with E-state index in [1.807, 2.05) is 0 Å². The van der Waals surface area contributed by atoms with Gasteiger partial charge in [-0.2, -0.15) is 0 Å². The van der Waals surface area contributed by atoms with E-state index in [0.717, 1.165) is 0 Å². The zero-order chi connectivity index (χ0) is 8.91. The zero-order valence-corrected chi connectivity index (χ0v) is 7.35. The number of sulfone groups is 1. The fraction of sp³-hybridized carbons (Fsp3) is 1.00. The highest BCUT2D eigenvalue weighted by atomic mass is 32.2. The fourth-order valence-corrected chi connectivity index (χ4v) is 3.66. The molecule has 11 heavy (non-hydrogen) atoms. The van der Waals surface area contributed by atoms with Gasteiger partial charge in [-0.05, 0) is 13.8 Å². The summed E-state index contributed by atoms with van der Waals surface area (Å²) in [6.45, 7) is 2.66. The van der Waals surface area contributed by atoms with Crippen LogP contribution in [0.5, 0.6) is 0 Å². The number of aliphatic hydroxyl groups is 2. The quantitative estimate of drug-likeness (QED) is 0.497. The van der Waals surface area contributed by atoms with Crippen molar-refractivity contribution in [1.29, 1.82) is 0 Å². The Kier molecular flexibility index (Phi) is 1.60. The molecule has 4 nitrogen and oxygen atoms in total. The lowest BCUT2D eigenvalue weighted by molar-refractivity contribution is -0.0935. The standard InChI is InChI=1S/C6H12O4S/c1-5(7)3-11(9,10)4-6(5,2)8/h7-8H,3-4H2,1-2H3/t5-,6-/m0/s1. The predicted octanol–water partition coefficient (Wildman–Crippen LogP) is -1.08. The van der Waals surface area contributed by atoms with Crippen LogP contribution < -0.4 is 0 Å². The van der Waals surface area contributed by atoms with Gasteiger partial charge in [-0.15, -0.1) is 0 Å². The molecule has 0 amide bonds. The lowest BCUT2D eigenvalue weighted by Gasteiger charge is -2.29. The molecular weight excluding hydrogens is 168 g/mol. The molecular formula is C6H12O4S. The van der Waals surface area contributed by atoms with Gasteiger partial charge in [0.2, 0.25) is 0 Å². The van der Waals surface area contributed by atoms with Crippen molar-refractivity contribution in [3.8, 4) is 0 Å². The third-order valence-corrected chi connectivity index (χ3v) is 4.17.